The zero-order valence-corrected chi connectivity index (χ0v) is 17.9. The van der Waals surface area contributed by atoms with Crippen LogP contribution in [-0.4, -0.2) is 54.5 Å². The minimum Gasteiger partial charge on any atom is -0.497 e. The van der Waals surface area contributed by atoms with E-state index in [0.717, 1.165) is 34.5 Å². The van der Waals surface area contributed by atoms with Crippen LogP contribution in [0.3, 0.4) is 0 Å². The smallest absolute Gasteiger partial charge is 0.228 e. The maximum absolute atomic E-state index is 13.1. The molecule has 2 unspecified atom stereocenters. The molecule has 2 aliphatic heterocycles. The molecule has 2 saturated heterocycles. The van der Waals surface area contributed by atoms with Gasteiger partial charge in [0.25, 0.3) is 0 Å². The van der Waals surface area contributed by atoms with Gasteiger partial charge in [0.15, 0.2) is 0 Å². The first-order valence-electron chi connectivity index (χ1n) is 10.9. The SMILES string of the molecule is COc1ccc(N2CC(C(=O)N3CCC(Oc4cccc5cccnc45)C3)CC2=O)cc1. The summed E-state index contributed by atoms with van der Waals surface area (Å²) in [6, 6.07) is 17.1. The summed E-state index contributed by atoms with van der Waals surface area (Å²) < 4.78 is 11.4. The Labute approximate surface area is 186 Å². The predicted octanol–water partition coefficient (Wildman–Crippen LogP) is 3.28. The fourth-order valence-corrected chi connectivity index (χ4v) is 4.52. The number of fused-ring (bicyclic) bond motifs is 1. The maximum Gasteiger partial charge on any atom is 0.228 e. The molecule has 3 aromatic rings. The molecule has 32 heavy (non-hydrogen) atoms. The van der Waals surface area contributed by atoms with Crippen molar-refractivity contribution in [2.24, 2.45) is 5.92 Å². The zero-order valence-electron chi connectivity index (χ0n) is 17.9. The summed E-state index contributed by atoms with van der Waals surface area (Å²) in [5.74, 6) is 1.14. The lowest BCUT2D eigenvalue weighted by Gasteiger charge is -2.21. The van der Waals surface area contributed by atoms with Gasteiger partial charge >= 0.3 is 0 Å². The molecule has 0 radical (unpaired) electrons. The lowest BCUT2D eigenvalue weighted by Crippen LogP contribution is -2.37. The highest BCUT2D eigenvalue weighted by atomic mass is 16.5. The van der Waals surface area contributed by atoms with Gasteiger partial charge in [0.1, 0.15) is 23.1 Å². The Hall–Kier alpha value is -3.61. The lowest BCUT2D eigenvalue weighted by atomic mass is 10.1. The van der Waals surface area contributed by atoms with Gasteiger partial charge in [-0.2, -0.15) is 0 Å². The Morgan fingerprint density at radius 1 is 1.06 bits per heavy atom. The van der Waals surface area contributed by atoms with Gasteiger partial charge in [-0.25, -0.2) is 0 Å². The number of aromatic nitrogens is 1. The molecule has 5 rings (SSSR count). The van der Waals surface area contributed by atoms with E-state index in [1.54, 1.807) is 18.2 Å². The van der Waals surface area contributed by atoms with E-state index >= 15 is 0 Å². The number of methoxy groups -OCH3 is 1. The molecule has 2 aliphatic rings. The van der Waals surface area contributed by atoms with Gasteiger partial charge in [0, 0.05) is 43.2 Å². The molecule has 3 heterocycles. The number of carbonyl (C=O) groups is 2. The Balaban J connectivity index is 1.22. The maximum atomic E-state index is 13.1. The number of hydrogen-bond acceptors (Lipinski definition) is 5. The standard InChI is InChI=1S/C25H25N3O4/c1-31-20-9-7-19(8-10-20)28-15-18(14-23(28)29)25(30)27-13-11-21(16-27)32-22-6-2-4-17-5-3-12-26-24(17)22/h2-10,12,18,21H,11,13-16H2,1H3. The second-order valence-electron chi connectivity index (χ2n) is 8.25. The van der Waals surface area contributed by atoms with E-state index in [1.165, 1.54) is 0 Å². The molecule has 0 saturated carbocycles. The Bertz CT molecular complexity index is 1140. The lowest BCUT2D eigenvalue weighted by molar-refractivity contribution is -0.135. The van der Waals surface area contributed by atoms with E-state index in [1.807, 2.05) is 59.5 Å². The summed E-state index contributed by atoms with van der Waals surface area (Å²) in [7, 11) is 1.61. The molecule has 2 aromatic carbocycles. The number of benzene rings is 2. The zero-order chi connectivity index (χ0) is 22.1. The number of nitrogens with zero attached hydrogens (tertiary/aromatic N) is 3. The molecule has 0 bridgehead atoms. The van der Waals surface area contributed by atoms with Crippen molar-refractivity contribution >= 4 is 28.4 Å². The van der Waals surface area contributed by atoms with Crippen molar-refractivity contribution in [2.45, 2.75) is 18.9 Å². The van der Waals surface area contributed by atoms with E-state index < -0.39 is 0 Å². The number of carbonyl (C=O) groups excluding carboxylic acids is 2. The van der Waals surface area contributed by atoms with E-state index in [0.29, 0.717) is 19.6 Å². The van der Waals surface area contributed by atoms with Crippen LogP contribution in [0.2, 0.25) is 0 Å². The Kier molecular flexibility index (Phi) is 5.39. The molecule has 164 valence electrons. The molecule has 2 atom stereocenters. The molecule has 7 heteroatoms. The van der Waals surface area contributed by atoms with E-state index in [2.05, 4.69) is 4.98 Å². The first kappa shape index (κ1) is 20.3. The molecular formula is C25H25N3O4. The van der Waals surface area contributed by atoms with Crippen molar-refractivity contribution in [3.8, 4) is 11.5 Å². The predicted molar refractivity (Wildman–Crippen MR) is 121 cm³/mol. The minimum atomic E-state index is -0.331. The van der Waals surface area contributed by atoms with Crippen LogP contribution < -0.4 is 14.4 Å². The molecule has 2 amide bonds. The van der Waals surface area contributed by atoms with Crippen LogP contribution in [-0.2, 0) is 9.59 Å². The highest BCUT2D eigenvalue weighted by Crippen LogP contribution is 2.30. The Morgan fingerprint density at radius 2 is 1.88 bits per heavy atom. The molecule has 0 aliphatic carbocycles. The normalized spacial score (nSPS) is 20.7. The number of amides is 2. The third kappa shape index (κ3) is 3.86. The van der Waals surface area contributed by atoms with E-state index in [4.69, 9.17) is 9.47 Å². The van der Waals surface area contributed by atoms with Crippen LogP contribution in [0.4, 0.5) is 5.69 Å². The van der Waals surface area contributed by atoms with Crippen LogP contribution in [0.1, 0.15) is 12.8 Å². The molecule has 0 N–H and O–H groups in total. The summed E-state index contributed by atoms with van der Waals surface area (Å²) in [6.45, 7) is 1.56. The van der Waals surface area contributed by atoms with Crippen LogP contribution in [0.15, 0.2) is 60.8 Å². The van der Waals surface area contributed by atoms with Gasteiger partial charge in [0.05, 0.1) is 19.6 Å². The molecule has 7 nitrogen and oxygen atoms in total. The third-order valence-electron chi connectivity index (χ3n) is 6.20. The van der Waals surface area contributed by atoms with E-state index in [-0.39, 0.29) is 30.3 Å². The number of likely N-dealkylation sites (tertiary alicyclic amines) is 1. The number of para-hydroxylation sites is 1. The van der Waals surface area contributed by atoms with Crippen molar-refractivity contribution in [1.29, 1.82) is 0 Å². The quantitative estimate of drug-likeness (QED) is 0.620. The highest BCUT2D eigenvalue weighted by molar-refractivity contribution is 6.00. The summed E-state index contributed by atoms with van der Waals surface area (Å²) in [5, 5.41) is 1.03. The number of anilines is 1. The molecule has 1 aromatic heterocycles. The molecule has 2 fully saturated rings. The van der Waals surface area contributed by atoms with Gasteiger partial charge in [-0.05, 0) is 36.4 Å². The minimum absolute atomic E-state index is 0.0245. The largest absolute Gasteiger partial charge is 0.497 e. The Morgan fingerprint density at radius 3 is 2.69 bits per heavy atom. The summed E-state index contributed by atoms with van der Waals surface area (Å²) >= 11 is 0. The average Bonchev–Trinajstić information content (AvgIpc) is 3.46. The van der Waals surface area contributed by atoms with Crippen molar-refractivity contribution in [2.75, 3.05) is 31.6 Å². The van der Waals surface area contributed by atoms with Crippen molar-refractivity contribution in [3.05, 3.63) is 60.8 Å². The number of rotatable bonds is 5. The van der Waals surface area contributed by atoms with Crippen LogP contribution in [0, 0.1) is 5.92 Å². The fourth-order valence-electron chi connectivity index (χ4n) is 4.52. The van der Waals surface area contributed by atoms with Gasteiger partial charge in [-0.15, -0.1) is 0 Å². The van der Waals surface area contributed by atoms with Crippen molar-refractivity contribution in [3.63, 3.8) is 0 Å². The van der Waals surface area contributed by atoms with Crippen LogP contribution in [0.25, 0.3) is 10.9 Å². The van der Waals surface area contributed by atoms with Gasteiger partial charge in [0.2, 0.25) is 11.8 Å². The highest BCUT2D eigenvalue weighted by Gasteiger charge is 2.39. The van der Waals surface area contributed by atoms with Gasteiger partial charge in [-0.3, -0.25) is 14.6 Å². The van der Waals surface area contributed by atoms with Crippen LogP contribution >= 0.6 is 0 Å². The first-order chi connectivity index (χ1) is 15.6. The first-order valence-corrected chi connectivity index (χ1v) is 10.9. The average molecular weight is 431 g/mol. The summed E-state index contributed by atoms with van der Waals surface area (Å²) in [5.41, 5.74) is 1.62. The monoisotopic (exact) mass is 431 g/mol. The van der Waals surface area contributed by atoms with Crippen molar-refractivity contribution in [1.82, 2.24) is 9.88 Å². The van der Waals surface area contributed by atoms with Crippen LogP contribution in [0.5, 0.6) is 11.5 Å². The number of pyridine rings is 1. The number of hydrogen-bond donors (Lipinski definition) is 0. The third-order valence-corrected chi connectivity index (χ3v) is 6.20. The van der Waals surface area contributed by atoms with E-state index in [9.17, 15) is 9.59 Å². The molecule has 0 spiro atoms. The topological polar surface area (TPSA) is 72.0 Å². The second kappa shape index (κ2) is 8.49. The molecular weight excluding hydrogens is 406 g/mol. The summed E-state index contributed by atoms with van der Waals surface area (Å²) in [6.07, 6.45) is 2.67. The summed E-state index contributed by atoms with van der Waals surface area (Å²) in [4.78, 5) is 33.7. The fraction of sp³-hybridized carbons (Fsp3) is 0.320. The van der Waals surface area contributed by atoms with Gasteiger partial charge < -0.3 is 19.3 Å². The second-order valence-corrected chi connectivity index (χ2v) is 8.25. The van der Waals surface area contributed by atoms with Crippen molar-refractivity contribution < 1.29 is 19.1 Å². The number of ether oxygens (including phenoxy) is 2. The van der Waals surface area contributed by atoms with Gasteiger partial charge in [-0.1, -0.05) is 18.2 Å².